The summed E-state index contributed by atoms with van der Waals surface area (Å²) < 4.78 is 1.88. The first-order valence-corrected chi connectivity index (χ1v) is 9.95. The second-order valence-corrected chi connectivity index (χ2v) is 7.90. The minimum Gasteiger partial charge on any atom is -0.350 e. The van der Waals surface area contributed by atoms with E-state index in [2.05, 4.69) is 29.6 Å². The second kappa shape index (κ2) is 7.17. The summed E-state index contributed by atoms with van der Waals surface area (Å²) in [6.07, 6.45) is 4.03. The number of aromatic nitrogens is 3. The number of carbonyl (C=O) groups excluding carboxylic acids is 1. The van der Waals surface area contributed by atoms with E-state index in [4.69, 9.17) is 4.98 Å². The Morgan fingerprint density at radius 1 is 1.50 bits per heavy atom. The molecule has 1 aliphatic rings. The van der Waals surface area contributed by atoms with Crippen LogP contribution in [0.3, 0.4) is 0 Å². The van der Waals surface area contributed by atoms with Gasteiger partial charge in [-0.1, -0.05) is 6.07 Å². The highest BCUT2D eigenvalue weighted by Gasteiger charge is 2.20. The molecule has 26 heavy (non-hydrogen) atoms. The van der Waals surface area contributed by atoms with Crippen LogP contribution >= 0.6 is 11.3 Å². The van der Waals surface area contributed by atoms with Crippen LogP contribution in [0.5, 0.6) is 0 Å². The van der Waals surface area contributed by atoms with Crippen molar-refractivity contribution in [1.82, 2.24) is 25.4 Å². The van der Waals surface area contributed by atoms with Crippen LogP contribution in [0.4, 0.5) is 0 Å². The van der Waals surface area contributed by atoms with Gasteiger partial charge < -0.3 is 10.6 Å². The molecule has 0 bridgehead atoms. The highest BCUT2D eigenvalue weighted by Crippen LogP contribution is 2.28. The van der Waals surface area contributed by atoms with Crippen molar-refractivity contribution in [3.8, 4) is 10.6 Å². The standard InChI is InChI=1S/C19H23N5OS/c1-12(2)24-18-15(11-22-24)14(9-16(23-18)17-6-4-8-26-17)19(25)21-10-13-5-3-7-20-13/h4,6,8-9,11-13,20H,3,5,7,10H2,1-2H3,(H,21,25). The Morgan fingerprint density at radius 2 is 2.38 bits per heavy atom. The lowest BCUT2D eigenvalue weighted by atomic mass is 10.1. The Bertz CT molecular complexity index is 910. The fraction of sp³-hybridized carbons (Fsp3) is 0.421. The molecule has 7 heteroatoms. The molecule has 1 atom stereocenters. The van der Waals surface area contributed by atoms with Crippen molar-refractivity contribution < 1.29 is 4.79 Å². The molecular formula is C19H23N5OS. The summed E-state index contributed by atoms with van der Waals surface area (Å²) in [5.74, 6) is -0.0628. The number of nitrogens with one attached hydrogen (secondary N) is 2. The van der Waals surface area contributed by atoms with Crippen LogP contribution in [0.1, 0.15) is 43.1 Å². The lowest BCUT2D eigenvalue weighted by Crippen LogP contribution is -2.37. The zero-order chi connectivity index (χ0) is 18.1. The van der Waals surface area contributed by atoms with Gasteiger partial charge in [0.05, 0.1) is 27.7 Å². The Morgan fingerprint density at radius 3 is 3.08 bits per heavy atom. The first kappa shape index (κ1) is 17.2. The molecule has 3 aromatic rings. The number of hydrogen-bond donors (Lipinski definition) is 2. The average Bonchev–Trinajstić information content (AvgIpc) is 3.39. The van der Waals surface area contributed by atoms with Gasteiger partial charge >= 0.3 is 0 Å². The predicted octanol–water partition coefficient (Wildman–Crippen LogP) is 3.22. The average molecular weight is 369 g/mol. The van der Waals surface area contributed by atoms with Gasteiger partial charge in [-0.15, -0.1) is 11.3 Å². The lowest BCUT2D eigenvalue weighted by Gasteiger charge is -2.13. The van der Waals surface area contributed by atoms with Crippen molar-refractivity contribution in [2.45, 2.75) is 38.8 Å². The van der Waals surface area contributed by atoms with Gasteiger partial charge in [0.15, 0.2) is 5.65 Å². The molecule has 4 heterocycles. The zero-order valence-corrected chi connectivity index (χ0v) is 15.8. The van der Waals surface area contributed by atoms with Crippen molar-refractivity contribution in [3.63, 3.8) is 0 Å². The van der Waals surface area contributed by atoms with Crippen molar-refractivity contribution in [3.05, 3.63) is 35.3 Å². The molecule has 4 rings (SSSR count). The first-order valence-electron chi connectivity index (χ1n) is 9.07. The number of fused-ring (bicyclic) bond motifs is 1. The van der Waals surface area contributed by atoms with E-state index in [9.17, 15) is 4.79 Å². The van der Waals surface area contributed by atoms with Crippen LogP contribution < -0.4 is 10.6 Å². The maximum atomic E-state index is 12.9. The summed E-state index contributed by atoms with van der Waals surface area (Å²) in [6.45, 7) is 5.81. The molecule has 1 amide bonds. The van der Waals surface area contributed by atoms with Gasteiger partial charge in [0.2, 0.25) is 0 Å². The minimum absolute atomic E-state index is 0.0628. The Hall–Kier alpha value is -2.25. The van der Waals surface area contributed by atoms with Crippen molar-refractivity contribution in [2.24, 2.45) is 0 Å². The first-order chi connectivity index (χ1) is 12.6. The molecule has 2 N–H and O–H groups in total. The highest BCUT2D eigenvalue weighted by atomic mass is 32.1. The maximum Gasteiger partial charge on any atom is 0.252 e. The fourth-order valence-corrected chi connectivity index (χ4v) is 4.06. The van der Waals surface area contributed by atoms with E-state index in [-0.39, 0.29) is 11.9 Å². The molecule has 3 aromatic heterocycles. The van der Waals surface area contributed by atoms with Gasteiger partial charge in [-0.3, -0.25) is 4.79 Å². The Balaban J connectivity index is 1.72. The normalized spacial score (nSPS) is 17.3. The van der Waals surface area contributed by atoms with Crippen molar-refractivity contribution in [1.29, 1.82) is 0 Å². The van der Waals surface area contributed by atoms with E-state index in [0.29, 0.717) is 18.2 Å². The molecule has 0 aromatic carbocycles. The van der Waals surface area contributed by atoms with Gasteiger partial charge in [0, 0.05) is 18.6 Å². The summed E-state index contributed by atoms with van der Waals surface area (Å²) in [7, 11) is 0. The maximum absolute atomic E-state index is 12.9. The highest BCUT2D eigenvalue weighted by molar-refractivity contribution is 7.13. The van der Waals surface area contributed by atoms with Crippen LogP contribution in [0.25, 0.3) is 21.6 Å². The molecule has 1 saturated heterocycles. The Labute approximate surface area is 156 Å². The minimum atomic E-state index is -0.0628. The van der Waals surface area contributed by atoms with E-state index in [0.717, 1.165) is 34.6 Å². The van der Waals surface area contributed by atoms with Crippen LogP contribution in [-0.2, 0) is 0 Å². The van der Waals surface area contributed by atoms with E-state index in [1.54, 1.807) is 17.5 Å². The number of thiophene rings is 1. The molecule has 1 fully saturated rings. The molecule has 0 spiro atoms. The summed E-state index contributed by atoms with van der Waals surface area (Å²) in [4.78, 5) is 18.8. The van der Waals surface area contributed by atoms with Gasteiger partial charge in [-0.2, -0.15) is 5.10 Å². The number of hydrogen-bond acceptors (Lipinski definition) is 5. The van der Waals surface area contributed by atoms with Gasteiger partial charge in [0.25, 0.3) is 5.91 Å². The second-order valence-electron chi connectivity index (χ2n) is 6.96. The molecule has 1 unspecified atom stereocenters. The number of rotatable bonds is 5. The van der Waals surface area contributed by atoms with Crippen molar-refractivity contribution >= 4 is 28.3 Å². The van der Waals surface area contributed by atoms with Gasteiger partial charge in [-0.25, -0.2) is 9.67 Å². The van der Waals surface area contributed by atoms with Gasteiger partial charge in [0.1, 0.15) is 0 Å². The quantitative estimate of drug-likeness (QED) is 0.724. The molecular weight excluding hydrogens is 346 g/mol. The third-order valence-electron chi connectivity index (χ3n) is 4.75. The smallest absolute Gasteiger partial charge is 0.252 e. The molecule has 0 aliphatic carbocycles. The summed E-state index contributed by atoms with van der Waals surface area (Å²) >= 11 is 1.62. The number of pyridine rings is 1. The topological polar surface area (TPSA) is 71.8 Å². The van der Waals surface area contributed by atoms with E-state index >= 15 is 0 Å². The third kappa shape index (κ3) is 3.24. The molecule has 136 valence electrons. The number of nitrogens with zero attached hydrogens (tertiary/aromatic N) is 3. The van der Waals surface area contributed by atoms with Crippen LogP contribution in [0.2, 0.25) is 0 Å². The molecule has 0 radical (unpaired) electrons. The fourth-order valence-electron chi connectivity index (χ4n) is 3.38. The summed E-state index contributed by atoms with van der Waals surface area (Å²) in [5.41, 5.74) is 2.22. The lowest BCUT2D eigenvalue weighted by molar-refractivity contribution is 0.0952. The monoisotopic (exact) mass is 369 g/mol. The van der Waals surface area contributed by atoms with Crippen LogP contribution in [-0.4, -0.2) is 39.8 Å². The summed E-state index contributed by atoms with van der Waals surface area (Å²) in [5, 5.41) is 13.8. The van der Waals surface area contributed by atoms with Gasteiger partial charge in [-0.05, 0) is 50.7 Å². The number of carbonyl (C=O) groups is 1. The zero-order valence-electron chi connectivity index (χ0n) is 15.0. The van der Waals surface area contributed by atoms with E-state index in [1.807, 2.05) is 28.3 Å². The molecule has 0 saturated carbocycles. The SMILES string of the molecule is CC(C)n1ncc2c(C(=O)NCC3CCCN3)cc(-c3cccs3)nc21. The van der Waals surface area contributed by atoms with E-state index in [1.165, 1.54) is 6.42 Å². The summed E-state index contributed by atoms with van der Waals surface area (Å²) in [6, 6.07) is 6.46. The third-order valence-corrected chi connectivity index (χ3v) is 5.64. The van der Waals surface area contributed by atoms with Crippen molar-refractivity contribution in [2.75, 3.05) is 13.1 Å². The molecule has 6 nitrogen and oxygen atoms in total. The van der Waals surface area contributed by atoms with Crippen LogP contribution in [0, 0.1) is 0 Å². The van der Waals surface area contributed by atoms with Crippen LogP contribution in [0.15, 0.2) is 29.8 Å². The largest absolute Gasteiger partial charge is 0.350 e. The Kier molecular flexibility index (Phi) is 4.74. The predicted molar refractivity (Wildman–Crippen MR) is 105 cm³/mol. The van der Waals surface area contributed by atoms with E-state index < -0.39 is 0 Å². The molecule has 1 aliphatic heterocycles. The number of amides is 1.